The number of anilines is 2. The van der Waals surface area contributed by atoms with Crippen LogP contribution in [0.4, 0.5) is 11.6 Å². The van der Waals surface area contributed by atoms with Gasteiger partial charge in [-0.15, -0.1) is 0 Å². The quantitative estimate of drug-likeness (QED) is 0.801. The summed E-state index contributed by atoms with van der Waals surface area (Å²) in [6.45, 7) is 3.83. The first-order valence-electron chi connectivity index (χ1n) is 6.02. The summed E-state index contributed by atoms with van der Waals surface area (Å²) >= 11 is 0. The molecule has 102 valence electrons. The van der Waals surface area contributed by atoms with Gasteiger partial charge in [-0.1, -0.05) is 0 Å². The second-order valence-electron chi connectivity index (χ2n) is 4.23. The van der Waals surface area contributed by atoms with Crippen molar-refractivity contribution in [1.82, 2.24) is 19.7 Å². The lowest BCUT2D eigenvalue weighted by molar-refractivity contribution is 0.178. The van der Waals surface area contributed by atoms with Crippen LogP contribution in [0.1, 0.15) is 11.4 Å². The highest BCUT2D eigenvalue weighted by Crippen LogP contribution is 2.08. The van der Waals surface area contributed by atoms with Crippen LogP contribution in [0.2, 0.25) is 0 Å². The molecular formula is C12H18N6O. The Bertz CT molecular complexity index is 539. The smallest absolute Gasteiger partial charge is 0.158 e. The molecular weight excluding hydrogens is 244 g/mol. The molecule has 0 amide bonds. The number of aromatic nitrogens is 4. The summed E-state index contributed by atoms with van der Waals surface area (Å²) in [6.07, 6.45) is 3.83. The molecule has 0 bridgehead atoms. The molecule has 0 spiro atoms. The molecule has 2 rings (SSSR count). The Labute approximate surface area is 111 Å². The number of aryl methyl sites for hydroxylation is 1. The fourth-order valence-corrected chi connectivity index (χ4v) is 1.69. The van der Waals surface area contributed by atoms with Gasteiger partial charge in [0.25, 0.3) is 0 Å². The number of hydrogen-bond acceptors (Lipinski definition) is 6. The second kappa shape index (κ2) is 6.14. The number of nitrogens with zero attached hydrogens (tertiary/aromatic N) is 4. The predicted octanol–water partition coefficient (Wildman–Crippen LogP) is 0.822. The van der Waals surface area contributed by atoms with E-state index in [1.807, 2.05) is 24.0 Å². The number of hydrogen-bond donors (Lipinski definition) is 2. The predicted molar refractivity (Wildman–Crippen MR) is 72.6 cm³/mol. The number of nitrogens with two attached hydrogens (primary N) is 1. The number of ether oxygens (including phenoxy) is 1. The van der Waals surface area contributed by atoms with Crippen LogP contribution < -0.4 is 11.1 Å². The number of nitrogens with one attached hydrogen (secondary N) is 1. The van der Waals surface area contributed by atoms with Crippen LogP contribution >= 0.6 is 0 Å². The molecule has 0 aliphatic carbocycles. The molecule has 0 radical (unpaired) electrons. The van der Waals surface area contributed by atoms with E-state index in [4.69, 9.17) is 10.5 Å². The van der Waals surface area contributed by atoms with Crippen molar-refractivity contribution in [3.05, 3.63) is 29.8 Å². The molecule has 0 atom stereocenters. The molecule has 7 nitrogen and oxygen atoms in total. The van der Waals surface area contributed by atoms with Crippen LogP contribution in [0.3, 0.4) is 0 Å². The third-order valence-electron chi connectivity index (χ3n) is 2.48. The van der Waals surface area contributed by atoms with Gasteiger partial charge < -0.3 is 15.8 Å². The molecule has 0 aliphatic heterocycles. The average Bonchev–Trinajstić information content (AvgIpc) is 2.75. The van der Waals surface area contributed by atoms with Crippen molar-refractivity contribution < 1.29 is 4.74 Å². The summed E-state index contributed by atoms with van der Waals surface area (Å²) in [6, 6.07) is 1.70. The van der Waals surface area contributed by atoms with E-state index in [-0.39, 0.29) is 0 Å². The SMILES string of the molecule is COCc1nc(N)cc(NCCn2cc(C)cn2)n1. The summed E-state index contributed by atoms with van der Waals surface area (Å²) in [5.74, 6) is 1.70. The van der Waals surface area contributed by atoms with E-state index < -0.39 is 0 Å². The standard InChI is InChI=1S/C12H18N6O/c1-9-6-15-18(7-9)4-3-14-11-5-10(13)16-12(17-11)8-19-2/h5-7H,3-4,8H2,1-2H3,(H3,13,14,16,17). The van der Waals surface area contributed by atoms with Gasteiger partial charge in [0, 0.05) is 25.9 Å². The van der Waals surface area contributed by atoms with Crippen molar-refractivity contribution in [2.45, 2.75) is 20.1 Å². The Kier molecular flexibility index (Phi) is 4.30. The fourth-order valence-electron chi connectivity index (χ4n) is 1.69. The molecule has 2 aromatic heterocycles. The molecule has 7 heteroatoms. The topological polar surface area (TPSA) is 90.9 Å². The van der Waals surface area contributed by atoms with Gasteiger partial charge in [-0.3, -0.25) is 4.68 Å². The van der Waals surface area contributed by atoms with E-state index in [9.17, 15) is 0 Å². The first-order chi connectivity index (χ1) is 9.17. The molecule has 2 aromatic rings. The van der Waals surface area contributed by atoms with Crippen LogP contribution in [0.25, 0.3) is 0 Å². The Hall–Kier alpha value is -2.15. The lowest BCUT2D eigenvalue weighted by atomic mass is 10.4. The van der Waals surface area contributed by atoms with Gasteiger partial charge in [-0.05, 0) is 12.5 Å². The molecule has 0 fully saturated rings. The van der Waals surface area contributed by atoms with Gasteiger partial charge >= 0.3 is 0 Å². The highest BCUT2D eigenvalue weighted by Gasteiger charge is 2.02. The summed E-state index contributed by atoms with van der Waals surface area (Å²) < 4.78 is 6.87. The van der Waals surface area contributed by atoms with Crippen molar-refractivity contribution in [3.8, 4) is 0 Å². The summed E-state index contributed by atoms with van der Waals surface area (Å²) in [5.41, 5.74) is 6.86. The fraction of sp³-hybridized carbons (Fsp3) is 0.417. The average molecular weight is 262 g/mol. The zero-order chi connectivity index (χ0) is 13.7. The molecule has 0 aliphatic rings. The maximum Gasteiger partial charge on any atom is 0.158 e. The molecule has 0 saturated carbocycles. The first kappa shape index (κ1) is 13.3. The van der Waals surface area contributed by atoms with E-state index in [0.29, 0.717) is 30.6 Å². The molecule has 3 N–H and O–H groups in total. The van der Waals surface area contributed by atoms with E-state index in [0.717, 1.165) is 12.1 Å². The zero-order valence-electron chi connectivity index (χ0n) is 11.1. The minimum atomic E-state index is 0.345. The van der Waals surface area contributed by atoms with Gasteiger partial charge in [-0.2, -0.15) is 5.10 Å². The third-order valence-corrected chi connectivity index (χ3v) is 2.48. The van der Waals surface area contributed by atoms with Gasteiger partial charge in [0.2, 0.25) is 0 Å². The Morgan fingerprint density at radius 1 is 1.42 bits per heavy atom. The number of methoxy groups -OCH3 is 1. The summed E-state index contributed by atoms with van der Waals surface area (Å²) in [5, 5.41) is 7.41. The maximum absolute atomic E-state index is 5.71. The minimum absolute atomic E-state index is 0.345. The number of nitrogen functional groups attached to an aromatic ring is 1. The van der Waals surface area contributed by atoms with E-state index in [1.54, 1.807) is 13.2 Å². The van der Waals surface area contributed by atoms with Crippen molar-refractivity contribution in [1.29, 1.82) is 0 Å². The second-order valence-corrected chi connectivity index (χ2v) is 4.23. The zero-order valence-corrected chi connectivity index (χ0v) is 11.1. The summed E-state index contributed by atoms with van der Waals surface area (Å²) in [7, 11) is 1.60. The highest BCUT2D eigenvalue weighted by atomic mass is 16.5. The van der Waals surface area contributed by atoms with Crippen molar-refractivity contribution in [2.24, 2.45) is 0 Å². The Morgan fingerprint density at radius 2 is 2.26 bits per heavy atom. The van der Waals surface area contributed by atoms with E-state index in [1.165, 1.54) is 0 Å². The van der Waals surface area contributed by atoms with Crippen LogP contribution in [0.5, 0.6) is 0 Å². The van der Waals surface area contributed by atoms with Gasteiger partial charge in [0.05, 0.1) is 12.7 Å². The molecule has 0 aromatic carbocycles. The Morgan fingerprint density at radius 3 is 2.95 bits per heavy atom. The van der Waals surface area contributed by atoms with Gasteiger partial charge in [-0.25, -0.2) is 9.97 Å². The van der Waals surface area contributed by atoms with Crippen LogP contribution in [-0.2, 0) is 17.9 Å². The molecule has 0 saturated heterocycles. The van der Waals surface area contributed by atoms with Crippen molar-refractivity contribution in [3.63, 3.8) is 0 Å². The third kappa shape index (κ3) is 3.92. The largest absolute Gasteiger partial charge is 0.384 e. The molecule has 0 unspecified atom stereocenters. The maximum atomic E-state index is 5.71. The van der Waals surface area contributed by atoms with Crippen molar-refractivity contribution >= 4 is 11.6 Å². The van der Waals surface area contributed by atoms with Crippen LogP contribution in [0.15, 0.2) is 18.5 Å². The monoisotopic (exact) mass is 262 g/mol. The normalized spacial score (nSPS) is 10.6. The molecule has 2 heterocycles. The first-order valence-corrected chi connectivity index (χ1v) is 6.02. The van der Waals surface area contributed by atoms with Crippen molar-refractivity contribution in [2.75, 3.05) is 24.7 Å². The van der Waals surface area contributed by atoms with Gasteiger partial charge in [0.15, 0.2) is 5.82 Å². The van der Waals surface area contributed by atoms with Crippen LogP contribution in [0, 0.1) is 6.92 Å². The lowest BCUT2D eigenvalue weighted by Crippen LogP contribution is -2.13. The molecule has 19 heavy (non-hydrogen) atoms. The van der Waals surface area contributed by atoms with Crippen LogP contribution in [-0.4, -0.2) is 33.4 Å². The van der Waals surface area contributed by atoms with E-state index >= 15 is 0 Å². The number of rotatable bonds is 6. The van der Waals surface area contributed by atoms with Gasteiger partial charge in [0.1, 0.15) is 18.2 Å². The lowest BCUT2D eigenvalue weighted by Gasteiger charge is -2.08. The minimum Gasteiger partial charge on any atom is -0.384 e. The Balaban J connectivity index is 1.91. The van der Waals surface area contributed by atoms with E-state index in [2.05, 4.69) is 20.4 Å². The highest BCUT2D eigenvalue weighted by molar-refractivity contribution is 5.44. The summed E-state index contributed by atoms with van der Waals surface area (Å²) in [4.78, 5) is 8.38.